The molecule has 3 heteroatoms. The second-order valence-electron chi connectivity index (χ2n) is 4.96. The Balaban J connectivity index is 2.07. The predicted molar refractivity (Wildman–Crippen MR) is 79.2 cm³/mol. The zero-order valence-electron chi connectivity index (χ0n) is 11.2. The Kier molecular flexibility index (Phi) is 3.03. The minimum absolute atomic E-state index is 0.332. The molecular formula is C17H15NO2. The molecule has 3 nitrogen and oxygen atoms in total. The number of hydrogen-bond acceptors (Lipinski definition) is 1. The standard InChI is InChI=1S/C17H15NO2/c1-12-10-18(11-13-5-3-2-4-6-13)16-8-7-14(17(19)20)9-15(12)16/h2-10H,11H2,1H3,(H,19,20). The maximum Gasteiger partial charge on any atom is 0.335 e. The van der Waals surface area contributed by atoms with Gasteiger partial charge in [-0.2, -0.15) is 0 Å². The minimum atomic E-state index is -0.887. The lowest BCUT2D eigenvalue weighted by molar-refractivity contribution is 0.0697. The number of rotatable bonds is 3. The highest BCUT2D eigenvalue weighted by Gasteiger charge is 2.09. The smallest absolute Gasteiger partial charge is 0.335 e. The lowest BCUT2D eigenvalue weighted by Gasteiger charge is -2.05. The van der Waals surface area contributed by atoms with Crippen LogP contribution in [0.3, 0.4) is 0 Å². The van der Waals surface area contributed by atoms with Gasteiger partial charge in [-0.05, 0) is 36.2 Å². The Bertz CT molecular complexity index is 772. The number of carbonyl (C=O) groups is 1. The molecule has 0 bridgehead atoms. The molecule has 0 saturated carbocycles. The summed E-state index contributed by atoms with van der Waals surface area (Å²) in [6.07, 6.45) is 2.07. The number of aromatic nitrogens is 1. The monoisotopic (exact) mass is 265 g/mol. The van der Waals surface area contributed by atoms with Crippen molar-refractivity contribution in [2.45, 2.75) is 13.5 Å². The van der Waals surface area contributed by atoms with Gasteiger partial charge in [0.1, 0.15) is 0 Å². The average Bonchev–Trinajstić information content (AvgIpc) is 2.76. The summed E-state index contributed by atoms with van der Waals surface area (Å²) >= 11 is 0. The van der Waals surface area contributed by atoms with E-state index >= 15 is 0 Å². The van der Waals surface area contributed by atoms with Gasteiger partial charge in [-0.15, -0.1) is 0 Å². The maximum atomic E-state index is 11.0. The van der Waals surface area contributed by atoms with E-state index in [0.717, 1.165) is 23.0 Å². The Morgan fingerprint density at radius 3 is 2.60 bits per heavy atom. The Morgan fingerprint density at radius 2 is 1.90 bits per heavy atom. The van der Waals surface area contributed by atoms with Crippen LogP contribution >= 0.6 is 0 Å². The molecule has 0 unspecified atom stereocenters. The first-order chi connectivity index (χ1) is 9.65. The van der Waals surface area contributed by atoms with Gasteiger partial charge in [0.25, 0.3) is 0 Å². The summed E-state index contributed by atoms with van der Waals surface area (Å²) in [7, 11) is 0. The van der Waals surface area contributed by atoms with Gasteiger partial charge in [-0.25, -0.2) is 4.79 Å². The Morgan fingerprint density at radius 1 is 1.15 bits per heavy atom. The van der Waals surface area contributed by atoms with Gasteiger partial charge in [-0.1, -0.05) is 30.3 Å². The summed E-state index contributed by atoms with van der Waals surface area (Å²) in [6, 6.07) is 15.5. The molecule has 1 aromatic heterocycles. The summed E-state index contributed by atoms with van der Waals surface area (Å²) in [5.74, 6) is -0.887. The van der Waals surface area contributed by atoms with Crippen LogP contribution in [-0.4, -0.2) is 15.6 Å². The third-order valence-corrected chi connectivity index (χ3v) is 3.52. The fraction of sp³-hybridized carbons (Fsp3) is 0.118. The quantitative estimate of drug-likeness (QED) is 0.784. The van der Waals surface area contributed by atoms with Crippen LogP contribution in [0.1, 0.15) is 21.5 Å². The van der Waals surface area contributed by atoms with Crippen LogP contribution < -0.4 is 0 Å². The Hall–Kier alpha value is -2.55. The van der Waals surface area contributed by atoms with Crippen LogP contribution in [0, 0.1) is 6.92 Å². The highest BCUT2D eigenvalue weighted by atomic mass is 16.4. The SMILES string of the molecule is Cc1cn(Cc2ccccc2)c2ccc(C(=O)O)cc12. The van der Waals surface area contributed by atoms with Crippen molar-refractivity contribution in [3.8, 4) is 0 Å². The second kappa shape index (κ2) is 4.85. The van der Waals surface area contributed by atoms with E-state index in [0.29, 0.717) is 5.56 Å². The van der Waals surface area contributed by atoms with Gasteiger partial charge in [0.2, 0.25) is 0 Å². The molecule has 0 saturated heterocycles. The number of nitrogens with zero attached hydrogens (tertiary/aromatic N) is 1. The summed E-state index contributed by atoms with van der Waals surface area (Å²) in [5, 5.41) is 10.1. The maximum absolute atomic E-state index is 11.0. The molecule has 0 amide bonds. The van der Waals surface area contributed by atoms with E-state index in [-0.39, 0.29) is 0 Å². The molecule has 0 aliphatic carbocycles. The molecule has 100 valence electrons. The minimum Gasteiger partial charge on any atom is -0.478 e. The highest BCUT2D eigenvalue weighted by Crippen LogP contribution is 2.23. The molecule has 0 fully saturated rings. The van der Waals surface area contributed by atoms with Crippen LogP contribution in [0.25, 0.3) is 10.9 Å². The van der Waals surface area contributed by atoms with Gasteiger partial charge >= 0.3 is 5.97 Å². The van der Waals surface area contributed by atoms with Gasteiger partial charge in [0.15, 0.2) is 0 Å². The number of benzene rings is 2. The summed E-state index contributed by atoms with van der Waals surface area (Å²) < 4.78 is 2.16. The fourth-order valence-corrected chi connectivity index (χ4v) is 2.52. The summed E-state index contributed by atoms with van der Waals surface area (Å²) in [5.41, 5.74) is 3.72. The lowest BCUT2D eigenvalue weighted by atomic mass is 10.1. The largest absolute Gasteiger partial charge is 0.478 e. The average molecular weight is 265 g/mol. The molecule has 2 aromatic carbocycles. The molecule has 0 aliphatic heterocycles. The normalized spacial score (nSPS) is 10.8. The zero-order valence-corrected chi connectivity index (χ0v) is 11.2. The van der Waals surface area contributed by atoms with E-state index in [1.807, 2.05) is 31.2 Å². The van der Waals surface area contributed by atoms with Crippen molar-refractivity contribution in [1.29, 1.82) is 0 Å². The van der Waals surface area contributed by atoms with Crippen LogP contribution in [0.4, 0.5) is 0 Å². The van der Waals surface area contributed by atoms with E-state index in [4.69, 9.17) is 5.11 Å². The fourth-order valence-electron chi connectivity index (χ4n) is 2.52. The molecule has 3 aromatic rings. The molecule has 1 N–H and O–H groups in total. The molecule has 3 rings (SSSR count). The third kappa shape index (κ3) is 2.18. The molecule has 0 aliphatic rings. The number of carboxylic acid groups (broad SMARTS) is 1. The number of aryl methyl sites for hydroxylation is 1. The van der Waals surface area contributed by atoms with E-state index in [9.17, 15) is 4.79 Å². The predicted octanol–water partition coefficient (Wildman–Crippen LogP) is 3.70. The second-order valence-corrected chi connectivity index (χ2v) is 4.96. The van der Waals surface area contributed by atoms with E-state index in [2.05, 4.69) is 22.9 Å². The third-order valence-electron chi connectivity index (χ3n) is 3.52. The van der Waals surface area contributed by atoms with Crippen molar-refractivity contribution >= 4 is 16.9 Å². The van der Waals surface area contributed by atoms with Crippen molar-refractivity contribution in [2.24, 2.45) is 0 Å². The van der Waals surface area contributed by atoms with Crippen LogP contribution in [0.5, 0.6) is 0 Å². The van der Waals surface area contributed by atoms with Gasteiger partial charge in [0, 0.05) is 23.6 Å². The molecule has 0 spiro atoms. The van der Waals surface area contributed by atoms with Gasteiger partial charge < -0.3 is 9.67 Å². The van der Waals surface area contributed by atoms with Crippen LogP contribution in [0.15, 0.2) is 54.7 Å². The van der Waals surface area contributed by atoms with Crippen molar-refractivity contribution in [3.05, 3.63) is 71.4 Å². The first kappa shape index (κ1) is 12.5. The van der Waals surface area contributed by atoms with Crippen molar-refractivity contribution in [3.63, 3.8) is 0 Å². The lowest BCUT2D eigenvalue weighted by Crippen LogP contribution is -1.98. The topological polar surface area (TPSA) is 42.2 Å². The first-order valence-electron chi connectivity index (χ1n) is 6.52. The zero-order chi connectivity index (χ0) is 14.1. The number of carboxylic acids is 1. The molecule has 20 heavy (non-hydrogen) atoms. The molecule has 0 radical (unpaired) electrons. The molecule has 0 atom stereocenters. The number of aromatic carboxylic acids is 1. The van der Waals surface area contributed by atoms with Gasteiger partial charge in [0.05, 0.1) is 5.56 Å². The Labute approximate surface area is 117 Å². The van der Waals surface area contributed by atoms with E-state index < -0.39 is 5.97 Å². The number of hydrogen-bond donors (Lipinski definition) is 1. The van der Waals surface area contributed by atoms with Crippen molar-refractivity contribution < 1.29 is 9.90 Å². The molecular weight excluding hydrogens is 250 g/mol. The highest BCUT2D eigenvalue weighted by molar-refractivity contribution is 5.94. The van der Waals surface area contributed by atoms with Gasteiger partial charge in [-0.3, -0.25) is 0 Å². The first-order valence-corrected chi connectivity index (χ1v) is 6.52. The summed E-state index contributed by atoms with van der Waals surface area (Å²) in [4.78, 5) is 11.0. The van der Waals surface area contributed by atoms with E-state index in [1.165, 1.54) is 5.56 Å². The molecule has 1 heterocycles. The van der Waals surface area contributed by atoms with Crippen LogP contribution in [-0.2, 0) is 6.54 Å². The summed E-state index contributed by atoms with van der Waals surface area (Å²) in [6.45, 7) is 2.80. The van der Waals surface area contributed by atoms with Crippen molar-refractivity contribution in [1.82, 2.24) is 4.57 Å². The van der Waals surface area contributed by atoms with Crippen LogP contribution in [0.2, 0.25) is 0 Å². The van der Waals surface area contributed by atoms with E-state index in [1.54, 1.807) is 12.1 Å². The van der Waals surface area contributed by atoms with Crippen molar-refractivity contribution in [2.75, 3.05) is 0 Å². The number of fused-ring (bicyclic) bond motifs is 1.